The van der Waals surface area contributed by atoms with Gasteiger partial charge < -0.3 is 10.4 Å². The van der Waals surface area contributed by atoms with E-state index in [0.29, 0.717) is 0 Å². The zero-order valence-corrected chi connectivity index (χ0v) is 10.9. The normalized spacial score (nSPS) is 17.7. The van der Waals surface area contributed by atoms with Crippen LogP contribution in [0.3, 0.4) is 0 Å². The molecule has 19 heavy (non-hydrogen) atoms. The molecule has 0 unspecified atom stereocenters. The Balaban J connectivity index is 2.20. The number of nitrogens with one attached hydrogen (secondary N) is 1. The van der Waals surface area contributed by atoms with E-state index in [1.807, 2.05) is 30.3 Å². The van der Waals surface area contributed by atoms with E-state index in [4.69, 9.17) is 5.11 Å². The Labute approximate surface area is 112 Å². The molecule has 0 radical (unpaired) electrons. The minimum Gasteiger partial charge on any atom is -0.481 e. The fourth-order valence-electron chi connectivity index (χ4n) is 2.85. The number of carboxylic acid groups (broad SMARTS) is 1. The number of hydrogen-bond donors (Lipinski definition) is 2. The molecule has 1 saturated carbocycles. The molecule has 1 aromatic carbocycles. The molecule has 1 aromatic rings. The molecule has 1 aliphatic carbocycles. The average Bonchev–Trinajstić information content (AvgIpc) is 2.40. The summed E-state index contributed by atoms with van der Waals surface area (Å²) in [6.45, 7) is 0. The summed E-state index contributed by atoms with van der Waals surface area (Å²) in [6.07, 6.45) is 4.58. The number of benzene rings is 1. The molecule has 102 valence electrons. The van der Waals surface area contributed by atoms with Crippen molar-refractivity contribution in [3.63, 3.8) is 0 Å². The highest BCUT2D eigenvalue weighted by atomic mass is 16.4. The van der Waals surface area contributed by atoms with Crippen LogP contribution in [0.2, 0.25) is 0 Å². The van der Waals surface area contributed by atoms with Crippen LogP contribution < -0.4 is 5.32 Å². The molecule has 1 aliphatic rings. The zero-order valence-electron chi connectivity index (χ0n) is 10.9. The van der Waals surface area contributed by atoms with Gasteiger partial charge in [-0.05, 0) is 18.4 Å². The first kappa shape index (κ1) is 13.6. The minimum absolute atomic E-state index is 0.383. The van der Waals surface area contributed by atoms with E-state index in [-0.39, 0.29) is 5.54 Å². The number of aliphatic carboxylic acids is 1. The van der Waals surface area contributed by atoms with Gasteiger partial charge in [-0.15, -0.1) is 0 Å². The van der Waals surface area contributed by atoms with E-state index >= 15 is 0 Å². The number of carbonyl (C=O) groups excluding carboxylic acids is 1. The number of rotatable bonds is 4. The maximum absolute atomic E-state index is 11.8. The van der Waals surface area contributed by atoms with Crippen LogP contribution >= 0.6 is 0 Å². The third-order valence-corrected chi connectivity index (χ3v) is 3.72. The molecule has 4 nitrogen and oxygen atoms in total. The third kappa shape index (κ3) is 3.34. The van der Waals surface area contributed by atoms with E-state index in [1.165, 1.54) is 6.42 Å². The van der Waals surface area contributed by atoms with Crippen molar-refractivity contribution in [1.29, 1.82) is 0 Å². The number of amides is 1. The fourth-order valence-corrected chi connectivity index (χ4v) is 2.85. The molecule has 0 aliphatic heterocycles. The Morgan fingerprint density at radius 2 is 1.74 bits per heavy atom. The SMILES string of the molecule is O=C(O)CC(=O)NC1(c2ccccc2)CCCCC1. The standard InChI is InChI=1S/C15H19NO3/c17-13(11-14(18)19)16-15(9-5-2-6-10-15)12-7-3-1-4-8-12/h1,3-4,7-8H,2,5-6,9-11H2,(H,16,17)(H,18,19). The summed E-state index contributed by atoms with van der Waals surface area (Å²) in [7, 11) is 0. The predicted molar refractivity (Wildman–Crippen MR) is 71.6 cm³/mol. The van der Waals surface area contributed by atoms with Crippen LogP contribution in [-0.4, -0.2) is 17.0 Å². The van der Waals surface area contributed by atoms with Crippen molar-refractivity contribution in [2.24, 2.45) is 0 Å². The fraction of sp³-hybridized carbons (Fsp3) is 0.467. The topological polar surface area (TPSA) is 66.4 Å². The summed E-state index contributed by atoms with van der Waals surface area (Å²) < 4.78 is 0. The van der Waals surface area contributed by atoms with Crippen LogP contribution in [-0.2, 0) is 15.1 Å². The Morgan fingerprint density at radius 1 is 1.11 bits per heavy atom. The highest BCUT2D eigenvalue weighted by molar-refractivity contribution is 5.93. The van der Waals surface area contributed by atoms with E-state index in [9.17, 15) is 9.59 Å². The molecule has 0 heterocycles. The molecule has 1 amide bonds. The van der Waals surface area contributed by atoms with Crippen LogP contribution in [0, 0.1) is 0 Å². The second kappa shape index (κ2) is 5.87. The molecule has 0 bridgehead atoms. The first-order valence-corrected chi connectivity index (χ1v) is 6.71. The van der Waals surface area contributed by atoms with Crippen LogP contribution in [0.5, 0.6) is 0 Å². The van der Waals surface area contributed by atoms with Crippen molar-refractivity contribution in [2.45, 2.75) is 44.1 Å². The van der Waals surface area contributed by atoms with E-state index < -0.39 is 18.3 Å². The number of carboxylic acids is 1. The Bertz CT molecular complexity index is 450. The molecule has 0 atom stereocenters. The van der Waals surface area contributed by atoms with Crippen molar-refractivity contribution in [1.82, 2.24) is 5.32 Å². The Hall–Kier alpha value is -1.84. The molecule has 0 saturated heterocycles. The quantitative estimate of drug-likeness (QED) is 0.818. The van der Waals surface area contributed by atoms with Gasteiger partial charge in [0.2, 0.25) is 5.91 Å². The van der Waals surface area contributed by atoms with Crippen LogP contribution in [0.1, 0.15) is 44.1 Å². The maximum Gasteiger partial charge on any atom is 0.312 e. The summed E-state index contributed by atoms with van der Waals surface area (Å²) in [5.41, 5.74) is 0.694. The molecule has 0 aromatic heterocycles. The van der Waals surface area contributed by atoms with Gasteiger partial charge in [-0.25, -0.2) is 0 Å². The van der Waals surface area contributed by atoms with Crippen molar-refractivity contribution < 1.29 is 14.7 Å². The van der Waals surface area contributed by atoms with Gasteiger partial charge in [0.1, 0.15) is 6.42 Å². The van der Waals surface area contributed by atoms with Crippen molar-refractivity contribution in [2.75, 3.05) is 0 Å². The van der Waals surface area contributed by atoms with E-state index in [0.717, 1.165) is 31.2 Å². The number of carbonyl (C=O) groups is 2. The molecule has 4 heteroatoms. The molecule has 0 spiro atoms. The second-order valence-corrected chi connectivity index (χ2v) is 5.13. The van der Waals surface area contributed by atoms with Crippen LogP contribution in [0.15, 0.2) is 30.3 Å². The third-order valence-electron chi connectivity index (χ3n) is 3.72. The lowest BCUT2D eigenvalue weighted by molar-refractivity contribution is -0.141. The predicted octanol–water partition coefficient (Wildman–Crippen LogP) is 2.44. The molecular formula is C15H19NO3. The number of hydrogen-bond acceptors (Lipinski definition) is 2. The molecule has 2 rings (SSSR count). The van der Waals surface area contributed by atoms with Crippen LogP contribution in [0.25, 0.3) is 0 Å². The maximum atomic E-state index is 11.8. The van der Waals surface area contributed by atoms with Gasteiger partial charge in [-0.3, -0.25) is 9.59 Å². The summed E-state index contributed by atoms with van der Waals surface area (Å²) in [5.74, 6) is -1.49. The summed E-state index contributed by atoms with van der Waals surface area (Å²) in [6, 6.07) is 9.86. The summed E-state index contributed by atoms with van der Waals surface area (Å²) in [4.78, 5) is 22.4. The lowest BCUT2D eigenvalue weighted by atomic mass is 9.76. The van der Waals surface area contributed by atoms with Crippen molar-refractivity contribution in [3.8, 4) is 0 Å². The monoisotopic (exact) mass is 261 g/mol. The molecule has 2 N–H and O–H groups in total. The first-order chi connectivity index (χ1) is 9.12. The van der Waals surface area contributed by atoms with Crippen molar-refractivity contribution in [3.05, 3.63) is 35.9 Å². The summed E-state index contributed by atoms with van der Waals surface area (Å²) in [5, 5.41) is 11.7. The molecular weight excluding hydrogens is 242 g/mol. The molecule has 1 fully saturated rings. The van der Waals surface area contributed by atoms with Gasteiger partial charge in [0.15, 0.2) is 0 Å². The smallest absolute Gasteiger partial charge is 0.312 e. The van der Waals surface area contributed by atoms with E-state index in [1.54, 1.807) is 0 Å². The van der Waals surface area contributed by atoms with Gasteiger partial charge in [0.25, 0.3) is 0 Å². The lowest BCUT2D eigenvalue weighted by Crippen LogP contribution is -2.47. The van der Waals surface area contributed by atoms with Crippen LogP contribution in [0.4, 0.5) is 0 Å². The van der Waals surface area contributed by atoms with Gasteiger partial charge in [-0.1, -0.05) is 49.6 Å². The summed E-state index contributed by atoms with van der Waals surface area (Å²) >= 11 is 0. The highest BCUT2D eigenvalue weighted by Gasteiger charge is 2.35. The van der Waals surface area contributed by atoms with E-state index in [2.05, 4.69) is 5.32 Å². The lowest BCUT2D eigenvalue weighted by Gasteiger charge is -2.38. The largest absolute Gasteiger partial charge is 0.481 e. The average molecular weight is 261 g/mol. The minimum atomic E-state index is -1.09. The Morgan fingerprint density at radius 3 is 2.32 bits per heavy atom. The van der Waals surface area contributed by atoms with Gasteiger partial charge in [0, 0.05) is 0 Å². The zero-order chi connectivity index (χ0) is 13.7. The first-order valence-electron chi connectivity index (χ1n) is 6.71. The second-order valence-electron chi connectivity index (χ2n) is 5.13. The van der Waals surface area contributed by atoms with Gasteiger partial charge in [0.05, 0.1) is 5.54 Å². The highest BCUT2D eigenvalue weighted by Crippen LogP contribution is 2.37. The Kier molecular flexibility index (Phi) is 4.20. The van der Waals surface area contributed by atoms with Gasteiger partial charge in [-0.2, -0.15) is 0 Å². The van der Waals surface area contributed by atoms with Crippen molar-refractivity contribution >= 4 is 11.9 Å². The van der Waals surface area contributed by atoms with Gasteiger partial charge >= 0.3 is 5.97 Å².